The highest BCUT2D eigenvalue weighted by molar-refractivity contribution is 5.94. The van der Waals surface area contributed by atoms with Crippen LogP contribution in [0, 0.1) is 29.5 Å². The molecule has 2 rings (SSSR count). The summed E-state index contributed by atoms with van der Waals surface area (Å²) in [4.78, 5) is 11.9. The number of halogens is 1. The maximum Gasteiger partial charge on any atom is 0.251 e. The molecule has 1 unspecified atom stereocenters. The van der Waals surface area contributed by atoms with Crippen LogP contribution >= 0.6 is 0 Å². The predicted octanol–water partition coefficient (Wildman–Crippen LogP) is 1.91. The largest absolute Gasteiger partial charge is 0.352 e. The molecule has 1 atom stereocenters. The Morgan fingerprint density at radius 2 is 2.30 bits per heavy atom. The van der Waals surface area contributed by atoms with Crippen LogP contribution in [-0.2, 0) is 0 Å². The van der Waals surface area contributed by atoms with Gasteiger partial charge in [-0.25, -0.2) is 4.39 Å². The summed E-state index contributed by atoms with van der Waals surface area (Å²) >= 11 is 0. The molecule has 1 aromatic carbocycles. The molecule has 20 heavy (non-hydrogen) atoms. The third-order valence-electron chi connectivity index (χ3n) is 3.57. The maximum absolute atomic E-state index is 13.7. The van der Waals surface area contributed by atoms with Crippen LogP contribution in [0.5, 0.6) is 0 Å². The van der Waals surface area contributed by atoms with Crippen LogP contribution in [0.25, 0.3) is 0 Å². The summed E-state index contributed by atoms with van der Waals surface area (Å²) < 4.78 is 13.7. The SMILES string of the molecule is CC(CNC(=O)c1ccc(C#CCN)c(F)c1)C1CC1. The number of carbonyl (C=O) groups excluding carboxylic acids is 1. The Hall–Kier alpha value is -1.86. The summed E-state index contributed by atoms with van der Waals surface area (Å²) in [6, 6.07) is 4.32. The van der Waals surface area contributed by atoms with Crippen LogP contribution in [0.2, 0.25) is 0 Å². The monoisotopic (exact) mass is 274 g/mol. The van der Waals surface area contributed by atoms with Crippen molar-refractivity contribution in [2.75, 3.05) is 13.1 Å². The first-order valence-corrected chi connectivity index (χ1v) is 6.88. The third kappa shape index (κ3) is 3.82. The number of nitrogens with two attached hydrogens (primary N) is 1. The molecule has 1 saturated carbocycles. The van der Waals surface area contributed by atoms with E-state index in [1.54, 1.807) is 6.07 Å². The zero-order chi connectivity index (χ0) is 14.5. The number of nitrogens with one attached hydrogen (secondary N) is 1. The van der Waals surface area contributed by atoms with Gasteiger partial charge in [-0.1, -0.05) is 18.8 Å². The number of amides is 1. The highest BCUT2D eigenvalue weighted by Gasteiger charge is 2.27. The Morgan fingerprint density at radius 1 is 1.55 bits per heavy atom. The van der Waals surface area contributed by atoms with Crippen molar-refractivity contribution in [3.05, 3.63) is 35.1 Å². The van der Waals surface area contributed by atoms with Crippen LogP contribution < -0.4 is 11.1 Å². The first-order chi connectivity index (χ1) is 9.61. The summed E-state index contributed by atoms with van der Waals surface area (Å²) in [5.74, 6) is 5.71. The van der Waals surface area contributed by atoms with Crippen molar-refractivity contribution in [1.29, 1.82) is 0 Å². The second kappa shape index (κ2) is 6.53. The molecule has 0 aromatic heterocycles. The molecule has 4 heteroatoms. The molecular weight excluding hydrogens is 255 g/mol. The molecule has 106 valence electrons. The Labute approximate surface area is 118 Å². The van der Waals surface area contributed by atoms with Crippen LogP contribution in [0.4, 0.5) is 4.39 Å². The first kappa shape index (κ1) is 14.5. The second-order valence-corrected chi connectivity index (χ2v) is 5.23. The molecule has 0 saturated heterocycles. The molecule has 1 aliphatic carbocycles. The lowest BCUT2D eigenvalue weighted by molar-refractivity contribution is 0.0946. The minimum absolute atomic E-state index is 0.181. The molecule has 0 heterocycles. The zero-order valence-electron chi connectivity index (χ0n) is 11.6. The Bertz CT molecular complexity index is 555. The zero-order valence-corrected chi connectivity index (χ0v) is 11.6. The fourth-order valence-corrected chi connectivity index (χ4v) is 2.09. The van der Waals surface area contributed by atoms with Crippen molar-refractivity contribution in [1.82, 2.24) is 5.32 Å². The van der Waals surface area contributed by atoms with Crippen LogP contribution in [-0.4, -0.2) is 19.0 Å². The summed E-state index contributed by atoms with van der Waals surface area (Å²) in [6.07, 6.45) is 2.50. The number of benzene rings is 1. The van der Waals surface area contributed by atoms with Crippen molar-refractivity contribution >= 4 is 5.91 Å². The van der Waals surface area contributed by atoms with Gasteiger partial charge in [0, 0.05) is 12.1 Å². The van der Waals surface area contributed by atoms with Gasteiger partial charge in [0.2, 0.25) is 0 Å². The molecule has 3 nitrogen and oxygen atoms in total. The summed E-state index contributed by atoms with van der Waals surface area (Å²) in [5.41, 5.74) is 5.83. The normalized spacial score (nSPS) is 15.2. The standard InChI is InChI=1S/C16H19FN2O/c1-11(12-4-5-12)10-19-16(20)14-7-6-13(3-2-8-18)15(17)9-14/h6-7,9,11-12H,4-5,8,10,18H2,1H3,(H,19,20). The second-order valence-electron chi connectivity index (χ2n) is 5.23. The van der Waals surface area contributed by atoms with E-state index in [4.69, 9.17) is 5.73 Å². The Kier molecular flexibility index (Phi) is 4.75. The van der Waals surface area contributed by atoms with E-state index in [0.29, 0.717) is 18.0 Å². The summed E-state index contributed by atoms with van der Waals surface area (Å²) in [5, 5.41) is 2.85. The van der Waals surface area contributed by atoms with Gasteiger partial charge in [-0.15, -0.1) is 0 Å². The van der Waals surface area contributed by atoms with Gasteiger partial charge in [-0.3, -0.25) is 4.79 Å². The van der Waals surface area contributed by atoms with Gasteiger partial charge in [0.15, 0.2) is 0 Å². The number of hydrogen-bond acceptors (Lipinski definition) is 2. The minimum Gasteiger partial charge on any atom is -0.352 e. The molecule has 1 aliphatic rings. The molecule has 1 amide bonds. The molecule has 3 N–H and O–H groups in total. The van der Waals surface area contributed by atoms with Gasteiger partial charge in [0.25, 0.3) is 5.91 Å². The smallest absolute Gasteiger partial charge is 0.251 e. The minimum atomic E-state index is -0.492. The molecule has 1 fully saturated rings. The molecule has 0 aliphatic heterocycles. The van der Waals surface area contributed by atoms with Gasteiger partial charge in [-0.05, 0) is 42.9 Å². The van der Waals surface area contributed by atoms with Gasteiger partial charge >= 0.3 is 0 Å². The van der Waals surface area contributed by atoms with E-state index in [2.05, 4.69) is 24.1 Å². The lowest BCUT2D eigenvalue weighted by Crippen LogP contribution is -2.29. The highest BCUT2D eigenvalue weighted by Crippen LogP contribution is 2.36. The van der Waals surface area contributed by atoms with Crippen molar-refractivity contribution < 1.29 is 9.18 Å². The summed E-state index contributed by atoms with van der Waals surface area (Å²) in [6.45, 7) is 2.95. The van der Waals surface area contributed by atoms with Gasteiger partial charge in [0.1, 0.15) is 5.82 Å². The van der Waals surface area contributed by atoms with E-state index in [1.165, 1.54) is 25.0 Å². The van der Waals surface area contributed by atoms with E-state index in [9.17, 15) is 9.18 Å². The van der Waals surface area contributed by atoms with E-state index >= 15 is 0 Å². The molecule has 0 bridgehead atoms. The fraction of sp³-hybridized carbons (Fsp3) is 0.438. The number of hydrogen-bond donors (Lipinski definition) is 2. The van der Waals surface area contributed by atoms with Gasteiger partial charge in [-0.2, -0.15) is 0 Å². The molecule has 0 radical (unpaired) electrons. The van der Waals surface area contributed by atoms with E-state index in [-0.39, 0.29) is 18.0 Å². The van der Waals surface area contributed by atoms with E-state index < -0.39 is 5.82 Å². The maximum atomic E-state index is 13.7. The Morgan fingerprint density at radius 3 is 2.90 bits per heavy atom. The van der Waals surface area contributed by atoms with Crippen LogP contribution in [0.1, 0.15) is 35.7 Å². The van der Waals surface area contributed by atoms with Crippen molar-refractivity contribution in [3.8, 4) is 11.8 Å². The highest BCUT2D eigenvalue weighted by atomic mass is 19.1. The van der Waals surface area contributed by atoms with Crippen molar-refractivity contribution in [3.63, 3.8) is 0 Å². The van der Waals surface area contributed by atoms with Crippen LogP contribution in [0.15, 0.2) is 18.2 Å². The molecular formula is C16H19FN2O. The average molecular weight is 274 g/mol. The quantitative estimate of drug-likeness (QED) is 0.824. The average Bonchev–Trinajstić information content (AvgIpc) is 3.27. The molecule has 0 spiro atoms. The first-order valence-electron chi connectivity index (χ1n) is 6.88. The third-order valence-corrected chi connectivity index (χ3v) is 3.57. The molecule has 1 aromatic rings. The topological polar surface area (TPSA) is 55.1 Å². The van der Waals surface area contributed by atoms with Gasteiger partial charge in [0.05, 0.1) is 12.1 Å². The Balaban J connectivity index is 1.97. The number of carbonyl (C=O) groups is 1. The van der Waals surface area contributed by atoms with E-state index in [1.807, 2.05) is 0 Å². The van der Waals surface area contributed by atoms with E-state index in [0.717, 1.165) is 5.92 Å². The fourth-order valence-electron chi connectivity index (χ4n) is 2.09. The lowest BCUT2D eigenvalue weighted by Gasteiger charge is -2.11. The van der Waals surface area contributed by atoms with Gasteiger partial charge < -0.3 is 11.1 Å². The predicted molar refractivity (Wildman–Crippen MR) is 76.6 cm³/mol. The lowest BCUT2D eigenvalue weighted by atomic mass is 10.1. The number of rotatable bonds is 4. The van der Waals surface area contributed by atoms with Crippen molar-refractivity contribution in [2.45, 2.75) is 19.8 Å². The van der Waals surface area contributed by atoms with Crippen molar-refractivity contribution in [2.24, 2.45) is 17.6 Å². The summed E-state index contributed by atoms with van der Waals surface area (Å²) in [7, 11) is 0. The van der Waals surface area contributed by atoms with Crippen LogP contribution in [0.3, 0.4) is 0 Å².